The molecule has 5 amide bonds. The Morgan fingerprint density at radius 3 is 2.37 bits per heavy atom. The zero-order valence-electron chi connectivity index (χ0n) is 38.4. The largest absolute Gasteiger partial charge is 0.490 e. The Hall–Kier alpha value is -6.60. The first kappa shape index (κ1) is 49.8. The van der Waals surface area contributed by atoms with Crippen LogP contribution in [0, 0.1) is 18.7 Å². The van der Waals surface area contributed by atoms with Gasteiger partial charge < -0.3 is 39.9 Å². The van der Waals surface area contributed by atoms with E-state index in [1.54, 1.807) is 38.3 Å². The van der Waals surface area contributed by atoms with E-state index in [0.717, 1.165) is 28.7 Å². The van der Waals surface area contributed by atoms with E-state index >= 15 is 4.39 Å². The second kappa shape index (κ2) is 21.4. The first-order chi connectivity index (χ1) is 31.8. The average molecular weight is 929 g/mol. The number of halogens is 1. The fraction of sp³-hybridized carbons (Fsp3) is 0.479. The Labute approximate surface area is 386 Å². The van der Waals surface area contributed by atoms with Crippen LogP contribution in [0.15, 0.2) is 47.5 Å². The molecule has 3 aliphatic rings. The van der Waals surface area contributed by atoms with Crippen LogP contribution in [0.1, 0.15) is 113 Å². The topological polar surface area (TPSA) is 242 Å². The van der Waals surface area contributed by atoms with Crippen LogP contribution < -0.4 is 21.5 Å². The first-order valence-electron chi connectivity index (χ1n) is 22.5. The number of pyridine rings is 2. The lowest BCUT2D eigenvalue weighted by atomic mass is 9.84. The van der Waals surface area contributed by atoms with E-state index in [4.69, 9.17) is 19.3 Å². The van der Waals surface area contributed by atoms with Crippen molar-refractivity contribution in [1.82, 2.24) is 30.6 Å². The summed E-state index contributed by atoms with van der Waals surface area (Å²) in [5.41, 5.74) is 2.67. The number of carbonyl (C=O) groups excluding carboxylic acids is 7. The standard InChI is InChI=1S/C48H57FN6O12/c1-7-48(64)29(6)66-24-34-35(48)21-38-44-30(23-54(38)47(34)63)20-33-32(27(4)36(49)22-37(33)52-44)13-10-11-19-65-25-50-45(61)28(5)51-46(62)43(26(2)3)53-39(57)16-15-31(56)12-8-9-14-42(60)67-55-40(58)17-18-41(55)59/h17-18,20-22,26,28,43,64H,6-16,19,23-25H2,1-5H3,(H,50,61)(H,51,62)(H,53,57)/t28-,43-,48+/m0/s1. The maximum absolute atomic E-state index is 15.3. The predicted molar refractivity (Wildman–Crippen MR) is 239 cm³/mol. The normalized spacial score (nSPS) is 16.9. The van der Waals surface area contributed by atoms with E-state index < -0.39 is 59.0 Å². The number of fused-ring (bicyclic) bond motifs is 5. The molecule has 1 aromatic carbocycles. The number of aryl methyl sites for hydroxylation is 1. The summed E-state index contributed by atoms with van der Waals surface area (Å²) >= 11 is 0. The Bertz CT molecular complexity index is 2590. The molecule has 5 heterocycles. The minimum atomic E-state index is -1.52. The molecule has 67 heavy (non-hydrogen) atoms. The molecular weight excluding hydrogens is 872 g/mol. The third kappa shape index (κ3) is 11.2. The van der Waals surface area contributed by atoms with E-state index in [-0.39, 0.29) is 88.0 Å². The summed E-state index contributed by atoms with van der Waals surface area (Å²) < 4.78 is 28.2. The van der Waals surface area contributed by atoms with Crippen LogP contribution in [0.2, 0.25) is 0 Å². The number of nitrogens with zero attached hydrogens (tertiary/aromatic N) is 3. The van der Waals surface area contributed by atoms with Crippen molar-refractivity contribution in [3.63, 3.8) is 0 Å². The Morgan fingerprint density at radius 1 is 0.955 bits per heavy atom. The molecule has 0 saturated heterocycles. The molecule has 0 aliphatic carbocycles. The second-order valence-electron chi connectivity index (χ2n) is 17.3. The number of hydrogen-bond donors (Lipinski definition) is 4. The number of hydrogen-bond acceptors (Lipinski definition) is 13. The SMILES string of the molecule is C=C1OCc2c(cc3n(c2=O)Cc2cc4c(CCCCOCNC(=O)[C@H](C)NC(=O)[C@@H](NC(=O)CCC(=O)CCCCC(=O)ON5C(=O)C=CC5=O)C(C)C)c(C)c(F)cc4nc2-3)[C@@]1(O)CC. The number of rotatable bonds is 22. The van der Waals surface area contributed by atoms with Crippen molar-refractivity contribution in [2.24, 2.45) is 5.92 Å². The first-order valence-corrected chi connectivity index (χ1v) is 22.5. The van der Waals surface area contributed by atoms with Crippen LogP contribution >= 0.6 is 0 Å². The van der Waals surface area contributed by atoms with Gasteiger partial charge in [0.15, 0.2) is 0 Å². The molecule has 6 rings (SSSR count). The lowest BCUT2D eigenvalue weighted by Gasteiger charge is -2.35. The zero-order chi connectivity index (χ0) is 48.7. The number of ketones is 1. The molecular formula is C48H57FN6O12. The van der Waals surface area contributed by atoms with Gasteiger partial charge in [0.2, 0.25) is 17.7 Å². The van der Waals surface area contributed by atoms with Gasteiger partial charge in [0.1, 0.15) is 48.4 Å². The molecule has 19 heteroatoms. The highest BCUT2D eigenvalue weighted by Crippen LogP contribution is 2.42. The van der Waals surface area contributed by atoms with Gasteiger partial charge in [-0.2, -0.15) is 0 Å². The van der Waals surface area contributed by atoms with Crippen molar-refractivity contribution in [2.45, 2.75) is 130 Å². The number of carbonyl (C=O) groups is 7. The number of aromatic nitrogens is 2. The van der Waals surface area contributed by atoms with Crippen LogP contribution in [0.4, 0.5) is 4.39 Å². The lowest BCUT2D eigenvalue weighted by Crippen LogP contribution is -2.54. The molecule has 3 aromatic rings. The van der Waals surface area contributed by atoms with E-state index in [2.05, 4.69) is 22.5 Å². The van der Waals surface area contributed by atoms with Crippen molar-refractivity contribution in [3.05, 3.63) is 86.7 Å². The van der Waals surface area contributed by atoms with Crippen LogP contribution in [0.25, 0.3) is 22.3 Å². The van der Waals surface area contributed by atoms with Crippen molar-refractivity contribution in [3.8, 4) is 11.4 Å². The molecule has 2 aromatic heterocycles. The van der Waals surface area contributed by atoms with Gasteiger partial charge in [-0.05, 0) is 81.5 Å². The van der Waals surface area contributed by atoms with E-state index in [9.17, 15) is 43.5 Å². The lowest BCUT2D eigenvalue weighted by molar-refractivity contribution is -0.196. The number of unbranched alkanes of at least 4 members (excludes halogenated alkanes) is 2. The monoisotopic (exact) mass is 928 g/mol. The third-order valence-corrected chi connectivity index (χ3v) is 12.3. The van der Waals surface area contributed by atoms with Gasteiger partial charge >= 0.3 is 5.97 Å². The van der Waals surface area contributed by atoms with Gasteiger partial charge in [0.05, 0.1) is 29.0 Å². The fourth-order valence-electron chi connectivity index (χ4n) is 8.29. The fourth-order valence-corrected chi connectivity index (χ4v) is 8.29. The Balaban J connectivity index is 0.907. The quantitative estimate of drug-likeness (QED) is 0.0498. The van der Waals surface area contributed by atoms with Gasteiger partial charge in [0.25, 0.3) is 17.4 Å². The van der Waals surface area contributed by atoms with Gasteiger partial charge in [0, 0.05) is 67.0 Å². The number of imide groups is 1. The minimum Gasteiger partial charge on any atom is -0.490 e. The number of amides is 5. The third-order valence-electron chi connectivity index (χ3n) is 12.3. The predicted octanol–water partition coefficient (Wildman–Crippen LogP) is 3.87. The maximum atomic E-state index is 15.3. The van der Waals surface area contributed by atoms with E-state index in [1.807, 2.05) is 6.07 Å². The van der Waals surface area contributed by atoms with E-state index in [0.29, 0.717) is 64.3 Å². The highest BCUT2D eigenvalue weighted by Gasteiger charge is 2.41. The summed E-state index contributed by atoms with van der Waals surface area (Å²) in [7, 11) is 0. The zero-order valence-corrected chi connectivity index (χ0v) is 38.4. The highest BCUT2D eigenvalue weighted by molar-refractivity contribution is 6.12. The van der Waals surface area contributed by atoms with Crippen molar-refractivity contribution in [1.29, 1.82) is 0 Å². The molecule has 0 bridgehead atoms. The summed E-state index contributed by atoms with van der Waals surface area (Å²) in [5, 5.41) is 20.4. The smallest absolute Gasteiger partial charge is 0.333 e. The summed E-state index contributed by atoms with van der Waals surface area (Å²) in [6.45, 7) is 12.8. The van der Waals surface area contributed by atoms with Crippen LogP contribution in [-0.4, -0.2) is 86.4 Å². The molecule has 0 unspecified atom stereocenters. The Kier molecular flexibility index (Phi) is 15.9. The Morgan fingerprint density at radius 2 is 1.67 bits per heavy atom. The van der Waals surface area contributed by atoms with Crippen molar-refractivity contribution in [2.75, 3.05) is 13.3 Å². The molecule has 18 nitrogen and oxygen atoms in total. The van der Waals surface area contributed by atoms with Gasteiger partial charge in [-0.3, -0.25) is 33.6 Å². The number of nitrogens with one attached hydrogen (secondary N) is 3. The molecule has 3 atom stereocenters. The number of Topliss-reactive ketones (excluding diaryl/α,β-unsaturated/α-hetero) is 1. The van der Waals surface area contributed by atoms with Crippen LogP contribution in [-0.2, 0) is 73.0 Å². The molecule has 3 aliphatic heterocycles. The van der Waals surface area contributed by atoms with Crippen LogP contribution in [0.3, 0.4) is 0 Å². The molecule has 0 spiro atoms. The molecule has 0 fully saturated rings. The maximum Gasteiger partial charge on any atom is 0.333 e. The number of hydroxylamine groups is 2. The van der Waals surface area contributed by atoms with Crippen LogP contribution in [0.5, 0.6) is 0 Å². The molecule has 358 valence electrons. The number of ether oxygens (including phenoxy) is 2. The van der Waals surface area contributed by atoms with Gasteiger partial charge in [-0.1, -0.05) is 32.4 Å². The van der Waals surface area contributed by atoms with Gasteiger partial charge in [-0.25, -0.2) is 14.2 Å². The number of benzene rings is 1. The van der Waals surface area contributed by atoms with Gasteiger partial charge in [-0.15, -0.1) is 0 Å². The minimum absolute atomic E-state index is 0.00603. The second-order valence-corrected chi connectivity index (χ2v) is 17.3. The molecule has 0 radical (unpaired) electrons. The summed E-state index contributed by atoms with van der Waals surface area (Å²) in [6, 6.07) is 3.19. The van der Waals surface area contributed by atoms with E-state index in [1.165, 1.54) is 13.0 Å². The summed E-state index contributed by atoms with van der Waals surface area (Å²) in [5.74, 6) is -4.71. The summed E-state index contributed by atoms with van der Waals surface area (Å²) in [4.78, 5) is 109. The van der Waals surface area contributed by atoms with Crippen molar-refractivity contribution >= 4 is 52.2 Å². The molecule has 4 N–H and O–H groups in total. The molecule has 0 saturated carbocycles. The highest BCUT2D eigenvalue weighted by atomic mass is 19.1. The summed E-state index contributed by atoms with van der Waals surface area (Å²) in [6.07, 6.45) is 4.24. The van der Waals surface area contributed by atoms with Crippen molar-refractivity contribution < 1.29 is 57.4 Å². The average Bonchev–Trinajstić information content (AvgIpc) is 3.81. The number of aliphatic hydroxyl groups is 1.